The monoisotopic (exact) mass is 376 g/mol. The number of hydrogen-bond donors (Lipinski definition) is 0. The highest BCUT2D eigenvalue weighted by Gasteiger charge is 2.35. The molecular weight excluding hydrogens is 352 g/mol. The summed E-state index contributed by atoms with van der Waals surface area (Å²) in [5.41, 5.74) is 0.546. The summed E-state index contributed by atoms with van der Waals surface area (Å²) in [5, 5.41) is 0. The van der Waals surface area contributed by atoms with E-state index in [1.807, 2.05) is 4.90 Å². The maximum Gasteiger partial charge on any atom is 0.341 e. The number of piperazine rings is 1. The highest BCUT2D eigenvalue weighted by atomic mass is 16.7. The normalized spacial score (nSPS) is 16.8. The number of hydrogen-bond acceptors (Lipinski definition) is 6. The van der Waals surface area contributed by atoms with Crippen molar-refractivity contribution in [1.29, 1.82) is 0 Å². The minimum atomic E-state index is -0.587. The smallest absolute Gasteiger partial charge is 0.341 e. The van der Waals surface area contributed by atoms with Crippen LogP contribution in [-0.2, 0) is 14.3 Å². The Morgan fingerprint density at radius 2 is 1.70 bits per heavy atom. The van der Waals surface area contributed by atoms with Crippen LogP contribution in [0.4, 0.5) is 0 Å². The van der Waals surface area contributed by atoms with Gasteiger partial charge in [0.1, 0.15) is 11.3 Å². The van der Waals surface area contributed by atoms with E-state index in [0.29, 0.717) is 37.5 Å². The lowest BCUT2D eigenvalue weighted by Crippen LogP contribution is -2.51. The zero-order valence-corrected chi connectivity index (χ0v) is 15.6. The maximum atomic E-state index is 12.8. The Bertz CT molecular complexity index is 723. The predicted molar refractivity (Wildman–Crippen MR) is 95.5 cm³/mol. The highest BCUT2D eigenvalue weighted by molar-refractivity contribution is 5.99. The molecule has 1 saturated heterocycles. The molecule has 0 N–H and O–H groups in total. The van der Waals surface area contributed by atoms with Crippen LogP contribution in [0.25, 0.3) is 0 Å². The molecule has 8 nitrogen and oxygen atoms in total. The van der Waals surface area contributed by atoms with Crippen molar-refractivity contribution < 1.29 is 28.6 Å². The van der Waals surface area contributed by atoms with Crippen molar-refractivity contribution in [2.24, 2.45) is 5.92 Å². The van der Waals surface area contributed by atoms with Crippen LogP contribution in [0.15, 0.2) is 18.2 Å². The van der Waals surface area contributed by atoms with E-state index in [1.165, 1.54) is 20.3 Å². The average Bonchev–Trinajstić information content (AvgIpc) is 3.56. The van der Waals surface area contributed by atoms with E-state index < -0.39 is 5.97 Å². The van der Waals surface area contributed by atoms with Crippen molar-refractivity contribution in [3.05, 3.63) is 29.3 Å². The molecule has 1 aromatic rings. The third-order valence-corrected chi connectivity index (χ3v) is 4.77. The first-order chi connectivity index (χ1) is 13.0. The van der Waals surface area contributed by atoms with Crippen LogP contribution in [0, 0.1) is 5.92 Å². The molecule has 0 aromatic heterocycles. The number of esters is 1. The van der Waals surface area contributed by atoms with Gasteiger partial charge in [0.15, 0.2) is 6.79 Å². The van der Waals surface area contributed by atoms with Crippen LogP contribution in [0.5, 0.6) is 5.75 Å². The van der Waals surface area contributed by atoms with Gasteiger partial charge in [0.25, 0.3) is 5.91 Å². The molecule has 0 bridgehead atoms. The highest BCUT2D eigenvalue weighted by Crippen LogP contribution is 2.31. The van der Waals surface area contributed by atoms with Gasteiger partial charge in [0.05, 0.1) is 7.11 Å². The summed E-state index contributed by atoms with van der Waals surface area (Å²) < 4.78 is 15.0. The molecule has 0 atom stereocenters. The first-order valence-electron chi connectivity index (χ1n) is 8.97. The molecule has 0 unspecified atom stereocenters. The summed E-state index contributed by atoms with van der Waals surface area (Å²) >= 11 is 0. The molecule has 146 valence electrons. The van der Waals surface area contributed by atoms with Gasteiger partial charge in [0.2, 0.25) is 5.91 Å². The summed E-state index contributed by atoms with van der Waals surface area (Å²) in [6, 6.07) is 4.65. The molecule has 0 radical (unpaired) electrons. The summed E-state index contributed by atoms with van der Waals surface area (Å²) in [7, 11) is 2.75. The second kappa shape index (κ2) is 8.39. The Hall–Kier alpha value is -2.61. The molecule has 2 aliphatic rings. The van der Waals surface area contributed by atoms with Crippen molar-refractivity contribution in [1.82, 2.24) is 9.80 Å². The standard InChI is InChI=1S/C19H24N2O6/c1-25-12-27-16-6-5-14(11-15(16)19(24)26-2)18(23)21-9-7-20(8-10-21)17(22)13-3-4-13/h5-6,11,13H,3-4,7-10,12H2,1-2H3. The Morgan fingerprint density at radius 3 is 2.30 bits per heavy atom. The van der Waals surface area contributed by atoms with Gasteiger partial charge in [-0.15, -0.1) is 0 Å². The van der Waals surface area contributed by atoms with Crippen molar-refractivity contribution in [2.45, 2.75) is 12.8 Å². The fraction of sp³-hybridized carbons (Fsp3) is 0.526. The van der Waals surface area contributed by atoms with Crippen LogP contribution in [0.2, 0.25) is 0 Å². The van der Waals surface area contributed by atoms with Gasteiger partial charge < -0.3 is 24.0 Å². The fourth-order valence-electron chi connectivity index (χ4n) is 3.08. The van der Waals surface area contributed by atoms with Crippen LogP contribution in [0.3, 0.4) is 0 Å². The zero-order valence-electron chi connectivity index (χ0n) is 15.6. The Kier molecular flexibility index (Phi) is 5.95. The average molecular weight is 376 g/mol. The Morgan fingerprint density at radius 1 is 1.04 bits per heavy atom. The van der Waals surface area contributed by atoms with Gasteiger partial charge in [-0.1, -0.05) is 0 Å². The maximum absolute atomic E-state index is 12.8. The molecule has 1 aliphatic heterocycles. The van der Waals surface area contributed by atoms with Crippen LogP contribution < -0.4 is 4.74 Å². The van der Waals surface area contributed by atoms with E-state index in [2.05, 4.69) is 0 Å². The zero-order chi connectivity index (χ0) is 19.4. The number of ether oxygens (including phenoxy) is 3. The first kappa shape index (κ1) is 19.2. The number of amides is 2. The summed E-state index contributed by atoms with van der Waals surface area (Å²) in [6.07, 6.45) is 1.96. The Labute approximate surface area is 158 Å². The summed E-state index contributed by atoms with van der Waals surface area (Å²) in [5.74, 6) is -0.0862. The van der Waals surface area contributed by atoms with Crippen LogP contribution >= 0.6 is 0 Å². The lowest BCUT2D eigenvalue weighted by Gasteiger charge is -2.35. The van der Waals surface area contributed by atoms with Crippen molar-refractivity contribution in [3.63, 3.8) is 0 Å². The summed E-state index contributed by atoms with van der Waals surface area (Å²) in [6.45, 7) is 2.02. The lowest BCUT2D eigenvalue weighted by atomic mass is 10.1. The molecule has 3 rings (SSSR count). The number of carbonyl (C=O) groups excluding carboxylic acids is 3. The van der Waals surface area contributed by atoms with Gasteiger partial charge >= 0.3 is 5.97 Å². The van der Waals surface area contributed by atoms with Crippen molar-refractivity contribution >= 4 is 17.8 Å². The van der Waals surface area contributed by atoms with E-state index in [-0.39, 0.29) is 30.1 Å². The minimum absolute atomic E-state index is 0.0196. The predicted octanol–water partition coefficient (Wildman–Crippen LogP) is 1.15. The topological polar surface area (TPSA) is 85.4 Å². The first-order valence-corrected chi connectivity index (χ1v) is 8.97. The van der Waals surface area contributed by atoms with Crippen molar-refractivity contribution in [2.75, 3.05) is 47.2 Å². The second-order valence-corrected chi connectivity index (χ2v) is 6.65. The third kappa shape index (κ3) is 4.39. The van der Waals surface area contributed by atoms with Gasteiger partial charge in [-0.3, -0.25) is 9.59 Å². The van der Waals surface area contributed by atoms with Gasteiger partial charge in [0, 0.05) is 44.8 Å². The summed E-state index contributed by atoms with van der Waals surface area (Å²) in [4.78, 5) is 40.5. The minimum Gasteiger partial charge on any atom is -0.467 e. The SMILES string of the molecule is COCOc1ccc(C(=O)N2CCN(C(=O)C3CC3)CC2)cc1C(=O)OC. The molecule has 2 amide bonds. The molecule has 1 aliphatic carbocycles. The molecule has 2 fully saturated rings. The number of benzene rings is 1. The van der Waals surface area contributed by atoms with E-state index >= 15 is 0 Å². The molecule has 8 heteroatoms. The number of carbonyl (C=O) groups is 3. The largest absolute Gasteiger partial charge is 0.467 e. The van der Waals surface area contributed by atoms with E-state index in [1.54, 1.807) is 17.0 Å². The van der Waals surface area contributed by atoms with E-state index in [4.69, 9.17) is 14.2 Å². The van der Waals surface area contributed by atoms with E-state index in [9.17, 15) is 14.4 Å². The molecule has 1 heterocycles. The van der Waals surface area contributed by atoms with Gasteiger partial charge in [-0.25, -0.2) is 4.79 Å². The molecule has 1 saturated carbocycles. The van der Waals surface area contributed by atoms with Crippen molar-refractivity contribution in [3.8, 4) is 5.75 Å². The lowest BCUT2D eigenvalue weighted by molar-refractivity contribution is -0.134. The molecule has 27 heavy (non-hydrogen) atoms. The number of nitrogens with zero attached hydrogens (tertiary/aromatic N) is 2. The fourth-order valence-corrected chi connectivity index (χ4v) is 3.08. The quantitative estimate of drug-likeness (QED) is 0.547. The number of rotatable bonds is 6. The molecular formula is C19H24N2O6. The molecule has 0 spiro atoms. The van der Waals surface area contributed by atoms with Crippen LogP contribution in [0.1, 0.15) is 33.6 Å². The van der Waals surface area contributed by atoms with E-state index in [0.717, 1.165) is 12.8 Å². The third-order valence-electron chi connectivity index (χ3n) is 4.77. The van der Waals surface area contributed by atoms with Gasteiger partial charge in [-0.05, 0) is 31.0 Å². The van der Waals surface area contributed by atoms with Gasteiger partial charge in [-0.2, -0.15) is 0 Å². The molecule has 1 aromatic carbocycles. The van der Waals surface area contributed by atoms with Crippen LogP contribution in [-0.4, -0.2) is 74.8 Å². The Balaban J connectivity index is 1.69. The number of methoxy groups -OCH3 is 2. The second-order valence-electron chi connectivity index (χ2n) is 6.65.